The Kier molecular flexibility index (Phi) is 11.6. The molecule has 0 spiro atoms. The number of nitrogens with one attached hydrogen (secondary N) is 3. The maximum atomic E-state index is 12.6. The van der Waals surface area contributed by atoms with E-state index in [9.17, 15) is 24.0 Å². The summed E-state index contributed by atoms with van der Waals surface area (Å²) in [5.41, 5.74) is 5.90. The Bertz CT molecular complexity index is 638. The number of hydrogen-bond acceptors (Lipinski definition) is 6. The average molecular weight is 431 g/mol. The van der Waals surface area contributed by atoms with E-state index in [2.05, 4.69) is 16.0 Å². The second-order valence-electron chi connectivity index (χ2n) is 7.70. The van der Waals surface area contributed by atoms with Crippen molar-refractivity contribution in [2.75, 3.05) is 0 Å². The number of rotatable bonds is 13. The van der Waals surface area contributed by atoms with Gasteiger partial charge in [0.2, 0.25) is 17.7 Å². The number of nitrogens with two attached hydrogens (primary N) is 1. The zero-order valence-electron chi connectivity index (χ0n) is 18.1. The highest BCUT2D eigenvalue weighted by Crippen LogP contribution is 2.08. The molecule has 30 heavy (non-hydrogen) atoms. The lowest BCUT2D eigenvalue weighted by atomic mass is 9.97. The van der Waals surface area contributed by atoms with E-state index in [1.54, 1.807) is 13.8 Å². The van der Waals surface area contributed by atoms with Crippen LogP contribution in [0.25, 0.3) is 0 Å². The van der Waals surface area contributed by atoms with Crippen LogP contribution in [0.5, 0.6) is 0 Å². The summed E-state index contributed by atoms with van der Waals surface area (Å²) in [6, 6.07) is -4.23. The highest BCUT2D eigenvalue weighted by atomic mass is 16.4. The fourth-order valence-electron chi connectivity index (χ4n) is 2.49. The van der Waals surface area contributed by atoms with Crippen molar-refractivity contribution in [2.24, 2.45) is 17.6 Å². The molecule has 0 aromatic carbocycles. The van der Waals surface area contributed by atoms with Crippen LogP contribution in [-0.4, -0.2) is 64.0 Å². The maximum absolute atomic E-state index is 12.6. The Morgan fingerprint density at radius 3 is 1.87 bits per heavy atom. The van der Waals surface area contributed by atoms with Crippen LogP contribution in [0.1, 0.15) is 53.9 Å². The molecule has 0 aromatic rings. The smallest absolute Gasteiger partial charge is 0.326 e. The van der Waals surface area contributed by atoms with Gasteiger partial charge in [0.1, 0.15) is 18.1 Å². The lowest BCUT2D eigenvalue weighted by molar-refractivity contribution is -0.143. The van der Waals surface area contributed by atoms with Gasteiger partial charge in [-0.25, -0.2) is 4.79 Å². The normalized spacial score (nSPS) is 16.0. The van der Waals surface area contributed by atoms with Gasteiger partial charge < -0.3 is 31.9 Å². The Labute approximate surface area is 176 Å². The van der Waals surface area contributed by atoms with Crippen LogP contribution in [0.15, 0.2) is 0 Å². The Hall–Kier alpha value is -2.69. The first-order valence-corrected chi connectivity index (χ1v) is 9.93. The van der Waals surface area contributed by atoms with Crippen LogP contribution in [0, 0.1) is 11.8 Å². The average Bonchev–Trinajstić information content (AvgIpc) is 2.66. The highest BCUT2D eigenvalue weighted by Gasteiger charge is 2.30. The van der Waals surface area contributed by atoms with Crippen LogP contribution in [0.2, 0.25) is 0 Å². The molecule has 11 heteroatoms. The van der Waals surface area contributed by atoms with Gasteiger partial charge in [-0.05, 0) is 25.2 Å². The molecule has 0 aromatic heterocycles. The summed E-state index contributed by atoms with van der Waals surface area (Å²) in [5.74, 6) is -4.83. The molecule has 0 fully saturated rings. The number of carbonyl (C=O) groups is 5. The molecule has 0 radical (unpaired) electrons. The van der Waals surface area contributed by atoms with E-state index in [-0.39, 0.29) is 18.3 Å². The first kappa shape index (κ1) is 27.3. The van der Waals surface area contributed by atoms with E-state index in [4.69, 9.17) is 15.9 Å². The number of carbonyl (C=O) groups excluding carboxylic acids is 3. The molecule has 0 bridgehead atoms. The summed E-state index contributed by atoms with van der Waals surface area (Å²) < 4.78 is 0. The van der Waals surface area contributed by atoms with Crippen molar-refractivity contribution in [1.29, 1.82) is 0 Å². The predicted molar refractivity (Wildman–Crippen MR) is 108 cm³/mol. The standard InChI is InChI=1S/C19H34N4O7/c1-6-10(4)14(20)17(27)23-15(9(2)3)18(28)21-11(5)16(26)22-12(19(29)30)7-8-13(24)25/h9-12,14-15H,6-8,20H2,1-5H3,(H,21,28)(H,22,26)(H,23,27)(H,24,25)(H,29,30). The minimum absolute atomic E-state index is 0.0793. The van der Waals surface area contributed by atoms with Gasteiger partial charge in [0.15, 0.2) is 0 Å². The number of amides is 3. The van der Waals surface area contributed by atoms with Gasteiger partial charge in [0.25, 0.3) is 0 Å². The van der Waals surface area contributed by atoms with Crippen LogP contribution < -0.4 is 21.7 Å². The molecule has 0 aliphatic heterocycles. The zero-order valence-corrected chi connectivity index (χ0v) is 18.1. The third-order valence-corrected chi connectivity index (χ3v) is 4.82. The maximum Gasteiger partial charge on any atom is 0.326 e. The van der Waals surface area contributed by atoms with Gasteiger partial charge in [-0.1, -0.05) is 34.1 Å². The minimum Gasteiger partial charge on any atom is -0.481 e. The summed E-state index contributed by atoms with van der Waals surface area (Å²) in [6.07, 6.45) is -0.0396. The first-order valence-electron chi connectivity index (χ1n) is 9.93. The molecule has 0 saturated carbocycles. The molecular weight excluding hydrogens is 396 g/mol. The monoisotopic (exact) mass is 430 g/mol. The second-order valence-corrected chi connectivity index (χ2v) is 7.70. The fraction of sp³-hybridized carbons (Fsp3) is 0.737. The molecule has 5 atom stereocenters. The molecule has 172 valence electrons. The van der Waals surface area contributed by atoms with E-state index in [0.717, 1.165) is 0 Å². The summed E-state index contributed by atoms with van der Waals surface area (Å²) >= 11 is 0. The molecule has 0 aliphatic rings. The molecule has 0 saturated heterocycles. The Morgan fingerprint density at radius 2 is 1.43 bits per heavy atom. The molecule has 5 unspecified atom stereocenters. The molecular formula is C19H34N4O7. The lowest BCUT2D eigenvalue weighted by Gasteiger charge is -2.26. The van der Waals surface area contributed by atoms with Crippen LogP contribution in [-0.2, 0) is 24.0 Å². The van der Waals surface area contributed by atoms with E-state index in [1.165, 1.54) is 6.92 Å². The number of aliphatic carboxylic acids is 2. The van der Waals surface area contributed by atoms with Crippen molar-refractivity contribution in [2.45, 2.75) is 78.0 Å². The molecule has 7 N–H and O–H groups in total. The van der Waals surface area contributed by atoms with Crippen LogP contribution >= 0.6 is 0 Å². The van der Waals surface area contributed by atoms with E-state index >= 15 is 0 Å². The van der Waals surface area contributed by atoms with Crippen molar-refractivity contribution >= 4 is 29.7 Å². The third kappa shape index (κ3) is 9.21. The van der Waals surface area contributed by atoms with Gasteiger partial charge in [-0.15, -0.1) is 0 Å². The summed E-state index contributed by atoms with van der Waals surface area (Å²) in [7, 11) is 0. The lowest BCUT2D eigenvalue weighted by Crippen LogP contribution is -2.58. The van der Waals surface area contributed by atoms with Gasteiger partial charge in [-0.2, -0.15) is 0 Å². The van der Waals surface area contributed by atoms with Crippen molar-refractivity contribution in [1.82, 2.24) is 16.0 Å². The molecule has 3 amide bonds. The van der Waals surface area contributed by atoms with Crippen LogP contribution in [0.4, 0.5) is 0 Å². The molecule has 0 rings (SSSR count). The third-order valence-electron chi connectivity index (χ3n) is 4.82. The van der Waals surface area contributed by atoms with E-state index in [1.807, 2.05) is 13.8 Å². The number of carboxylic acids is 2. The highest BCUT2D eigenvalue weighted by molar-refractivity contribution is 5.94. The fourth-order valence-corrected chi connectivity index (χ4v) is 2.49. The van der Waals surface area contributed by atoms with Crippen molar-refractivity contribution in [3.63, 3.8) is 0 Å². The van der Waals surface area contributed by atoms with Crippen molar-refractivity contribution in [3.8, 4) is 0 Å². The summed E-state index contributed by atoms with van der Waals surface area (Å²) in [6.45, 7) is 8.51. The summed E-state index contributed by atoms with van der Waals surface area (Å²) in [4.78, 5) is 59.0. The number of carboxylic acid groups (broad SMARTS) is 2. The largest absolute Gasteiger partial charge is 0.481 e. The second kappa shape index (κ2) is 12.8. The Balaban J connectivity index is 5.02. The molecule has 11 nitrogen and oxygen atoms in total. The topological polar surface area (TPSA) is 188 Å². The number of hydrogen-bond donors (Lipinski definition) is 6. The minimum atomic E-state index is -1.40. The van der Waals surface area contributed by atoms with E-state index < -0.39 is 60.2 Å². The summed E-state index contributed by atoms with van der Waals surface area (Å²) in [5, 5.41) is 25.0. The van der Waals surface area contributed by atoms with Gasteiger partial charge in [0, 0.05) is 6.42 Å². The van der Waals surface area contributed by atoms with Crippen molar-refractivity contribution in [3.05, 3.63) is 0 Å². The zero-order chi connectivity index (χ0) is 23.6. The quantitative estimate of drug-likeness (QED) is 0.224. The van der Waals surface area contributed by atoms with Crippen molar-refractivity contribution < 1.29 is 34.2 Å². The molecule has 0 aliphatic carbocycles. The van der Waals surface area contributed by atoms with Gasteiger partial charge in [-0.3, -0.25) is 19.2 Å². The predicted octanol–water partition coefficient (Wildman–Crippen LogP) is -0.560. The Morgan fingerprint density at radius 1 is 0.867 bits per heavy atom. The van der Waals surface area contributed by atoms with E-state index in [0.29, 0.717) is 6.42 Å². The molecule has 0 heterocycles. The van der Waals surface area contributed by atoms with Crippen LogP contribution in [0.3, 0.4) is 0 Å². The SMILES string of the molecule is CCC(C)C(N)C(=O)NC(C(=O)NC(C)C(=O)NC(CCC(=O)O)C(=O)O)C(C)C. The van der Waals surface area contributed by atoms with Gasteiger partial charge >= 0.3 is 11.9 Å². The van der Waals surface area contributed by atoms with Gasteiger partial charge in [0.05, 0.1) is 6.04 Å². The first-order chi connectivity index (χ1) is 13.8.